The minimum absolute atomic E-state index is 0.00618. The van der Waals surface area contributed by atoms with Gasteiger partial charge in [0.2, 0.25) is 5.91 Å². The van der Waals surface area contributed by atoms with Crippen molar-refractivity contribution in [1.29, 1.82) is 0 Å². The molecule has 1 fully saturated rings. The number of carbonyl (C=O) groups is 2. The molecular weight excluding hydrogens is 356 g/mol. The van der Waals surface area contributed by atoms with Crippen LogP contribution in [-0.2, 0) is 9.53 Å². The molecule has 7 heteroatoms. The lowest BCUT2D eigenvalue weighted by Crippen LogP contribution is -3.14. The van der Waals surface area contributed by atoms with Crippen LogP contribution in [0.25, 0.3) is 0 Å². The van der Waals surface area contributed by atoms with E-state index >= 15 is 0 Å². The predicted octanol–water partition coefficient (Wildman–Crippen LogP) is 0.916. The van der Waals surface area contributed by atoms with Gasteiger partial charge in [0.25, 0.3) is 5.91 Å². The molecule has 2 rings (SSSR count). The number of morpholine rings is 1. The van der Waals surface area contributed by atoms with Gasteiger partial charge in [0, 0.05) is 31.9 Å². The number of anilines is 2. The first-order valence-electron chi connectivity index (χ1n) is 10.3. The highest BCUT2D eigenvalue weighted by atomic mass is 16.5. The van der Waals surface area contributed by atoms with E-state index in [-0.39, 0.29) is 11.8 Å². The molecule has 0 radical (unpaired) electrons. The van der Waals surface area contributed by atoms with Crippen molar-refractivity contribution in [2.75, 3.05) is 63.7 Å². The van der Waals surface area contributed by atoms with Crippen LogP contribution in [0.15, 0.2) is 18.2 Å². The molecule has 0 aromatic heterocycles. The Morgan fingerprint density at radius 3 is 2.61 bits per heavy atom. The summed E-state index contributed by atoms with van der Waals surface area (Å²) in [5, 5.41) is 5.94. The zero-order valence-corrected chi connectivity index (χ0v) is 17.5. The SMILES string of the molecule is CCCCCC(=O)Nc1ccc(N(C)C)c(C(=O)NCC[NH+]2CCOCC2)c1. The van der Waals surface area contributed by atoms with E-state index in [9.17, 15) is 9.59 Å². The van der Waals surface area contributed by atoms with Gasteiger partial charge in [-0.1, -0.05) is 19.8 Å². The first-order valence-corrected chi connectivity index (χ1v) is 10.3. The molecule has 1 aromatic carbocycles. The number of nitrogens with zero attached hydrogens (tertiary/aromatic N) is 1. The Labute approximate surface area is 168 Å². The number of ether oxygens (including phenoxy) is 1. The number of unbranched alkanes of at least 4 members (excludes halogenated alkanes) is 2. The summed E-state index contributed by atoms with van der Waals surface area (Å²) in [5.41, 5.74) is 2.07. The number of rotatable bonds is 10. The van der Waals surface area contributed by atoms with Gasteiger partial charge in [-0.2, -0.15) is 0 Å². The third-order valence-corrected chi connectivity index (χ3v) is 4.98. The zero-order valence-electron chi connectivity index (χ0n) is 17.5. The van der Waals surface area contributed by atoms with Gasteiger partial charge in [-0.05, 0) is 24.6 Å². The lowest BCUT2D eigenvalue weighted by atomic mass is 10.1. The molecule has 156 valence electrons. The van der Waals surface area contributed by atoms with E-state index in [1.54, 1.807) is 6.07 Å². The minimum Gasteiger partial charge on any atom is -0.377 e. The standard InChI is InChI=1S/C21H34N4O3/c1-4-5-6-7-20(26)23-17-8-9-19(24(2)3)18(16-17)21(27)22-10-11-25-12-14-28-15-13-25/h8-9,16H,4-7,10-15H2,1-3H3,(H,22,27)(H,23,26)/p+1. The van der Waals surface area contributed by atoms with Crippen molar-refractivity contribution in [3.63, 3.8) is 0 Å². The smallest absolute Gasteiger partial charge is 0.253 e. The molecule has 1 saturated heterocycles. The topological polar surface area (TPSA) is 75.1 Å². The molecule has 2 amide bonds. The number of hydrogen-bond acceptors (Lipinski definition) is 4. The second-order valence-electron chi connectivity index (χ2n) is 7.50. The molecule has 28 heavy (non-hydrogen) atoms. The van der Waals surface area contributed by atoms with Crippen LogP contribution in [0, 0.1) is 0 Å². The van der Waals surface area contributed by atoms with Gasteiger partial charge < -0.3 is 25.2 Å². The Morgan fingerprint density at radius 1 is 1.18 bits per heavy atom. The predicted molar refractivity (Wildman–Crippen MR) is 112 cm³/mol. The number of nitrogens with one attached hydrogen (secondary N) is 3. The normalized spacial score (nSPS) is 14.5. The summed E-state index contributed by atoms with van der Waals surface area (Å²) < 4.78 is 5.37. The Bertz CT molecular complexity index is 643. The Kier molecular flexibility index (Phi) is 9.23. The van der Waals surface area contributed by atoms with Gasteiger partial charge in [0.1, 0.15) is 13.1 Å². The molecule has 7 nitrogen and oxygen atoms in total. The first-order chi connectivity index (χ1) is 13.5. The molecule has 0 unspecified atom stereocenters. The van der Waals surface area contributed by atoms with Crippen molar-refractivity contribution in [1.82, 2.24) is 5.32 Å². The van der Waals surface area contributed by atoms with Crippen LogP contribution in [0.3, 0.4) is 0 Å². The largest absolute Gasteiger partial charge is 0.377 e. The van der Waals surface area contributed by atoms with Crippen LogP contribution >= 0.6 is 0 Å². The lowest BCUT2D eigenvalue weighted by molar-refractivity contribution is -0.906. The van der Waals surface area contributed by atoms with Crippen molar-refractivity contribution >= 4 is 23.2 Å². The van der Waals surface area contributed by atoms with Crippen LogP contribution in [0.5, 0.6) is 0 Å². The van der Waals surface area contributed by atoms with Crippen molar-refractivity contribution in [3.05, 3.63) is 23.8 Å². The van der Waals surface area contributed by atoms with Crippen molar-refractivity contribution in [2.24, 2.45) is 0 Å². The maximum Gasteiger partial charge on any atom is 0.253 e. The number of amides is 2. The minimum atomic E-state index is -0.113. The maximum atomic E-state index is 12.8. The van der Waals surface area contributed by atoms with Crippen molar-refractivity contribution in [3.8, 4) is 0 Å². The molecule has 3 N–H and O–H groups in total. The number of hydrogen-bond donors (Lipinski definition) is 3. The summed E-state index contributed by atoms with van der Waals surface area (Å²) in [6, 6.07) is 5.50. The Hall–Kier alpha value is -2.12. The monoisotopic (exact) mass is 391 g/mol. The van der Waals surface area contributed by atoms with Crippen LogP contribution in [0.1, 0.15) is 43.0 Å². The van der Waals surface area contributed by atoms with Gasteiger partial charge in [0.15, 0.2) is 0 Å². The first kappa shape index (κ1) is 22.2. The van der Waals surface area contributed by atoms with Crippen molar-refractivity contribution in [2.45, 2.75) is 32.6 Å². The molecule has 1 heterocycles. The van der Waals surface area contributed by atoms with E-state index in [4.69, 9.17) is 4.74 Å². The highest BCUT2D eigenvalue weighted by Crippen LogP contribution is 2.23. The fourth-order valence-corrected chi connectivity index (χ4v) is 3.30. The van der Waals surface area contributed by atoms with E-state index < -0.39 is 0 Å². The van der Waals surface area contributed by atoms with E-state index in [1.165, 1.54) is 4.90 Å². The fraction of sp³-hybridized carbons (Fsp3) is 0.619. The number of quaternary nitrogens is 1. The Morgan fingerprint density at radius 2 is 1.93 bits per heavy atom. The summed E-state index contributed by atoms with van der Waals surface area (Å²) >= 11 is 0. The second-order valence-corrected chi connectivity index (χ2v) is 7.50. The van der Waals surface area contributed by atoms with Crippen LogP contribution < -0.4 is 20.4 Å². The van der Waals surface area contributed by atoms with Crippen molar-refractivity contribution < 1.29 is 19.2 Å². The summed E-state index contributed by atoms with van der Waals surface area (Å²) in [7, 11) is 3.82. The zero-order chi connectivity index (χ0) is 20.4. The fourth-order valence-electron chi connectivity index (χ4n) is 3.30. The van der Waals surface area contributed by atoms with E-state index in [2.05, 4.69) is 17.6 Å². The summed E-state index contributed by atoms with van der Waals surface area (Å²) in [6.07, 6.45) is 3.52. The number of carbonyl (C=O) groups excluding carboxylic acids is 2. The van der Waals surface area contributed by atoms with E-state index in [0.29, 0.717) is 24.2 Å². The van der Waals surface area contributed by atoms with Crippen LogP contribution in [0.4, 0.5) is 11.4 Å². The van der Waals surface area contributed by atoms with Gasteiger partial charge >= 0.3 is 0 Å². The van der Waals surface area contributed by atoms with E-state index in [1.807, 2.05) is 31.1 Å². The van der Waals surface area contributed by atoms with Gasteiger partial charge in [-0.15, -0.1) is 0 Å². The quantitative estimate of drug-likeness (QED) is 0.519. The summed E-state index contributed by atoms with van der Waals surface area (Å²) in [5.74, 6) is -0.119. The molecule has 1 aromatic rings. The molecular formula is C21H35N4O3+. The number of benzene rings is 1. The molecule has 0 atom stereocenters. The van der Waals surface area contributed by atoms with E-state index in [0.717, 1.165) is 57.8 Å². The molecule has 1 aliphatic heterocycles. The maximum absolute atomic E-state index is 12.8. The highest BCUT2D eigenvalue weighted by Gasteiger charge is 2.17. The van der Waals surface area contributed by atoms with Gasteiger partial charge in [-0.3, -0.25) is 9.59 Å². The van der Waals surface area contributed by atoms with Gasteiger partial charge in [0.05, 0.1) is 31.9 Å². The molecule has 0 saturated carbocycles. The highest BCUT2D eigenvalue weighted by molar-refractivity contribution is 6.02. The molecule has 0 spiro atoms. The van der Waals surface area contributed by atoms with Crippen LogP contribution in [0.2, 0.25) is 0 Å². The molecule has 0 bridgehead atoms. The second kappa shape index (κ2) is 11.7. The van der Waals surface area contributed by atoms with Crippen LogP contribution in [-0.4, -0.2) is 65.3 Å². The summed E-state index contributed by atoms with van der Waals surface area (Å²) in [6.45, 7) is 7.16. The average molecular weight is 392 g/mol. The summed E-state index contributed by atoms with van der Waals surface area (Å²) in [4.78, 5) is 28.2. The Balaban J connectivity index is 1.96. The molecule has 0 aliphatic carbocycles. The lowest BCUT2D eigenvalue weighted by Gasteiger charge is -2.24. The van der Waals surface area contributed by atoms with Gasteiger partial charge in [-0.25, -0.2) is 0 Å². The molecule has 1 aliphatic rings. The average Bonchev–Trinajstić information content (AvgIpc) is 2.68. The third kappa shape index (κ3) is 7.13. The third-order valence-electron chi connectivity index (χ3n) is 4.98.